The average Bonchev–Trinajstić information content (AvgIpc) is 2.87. The highest BCUT2D eigenvalue weighted by atomic mass is 16.4. The third-order valence-corrected chi connectivity index (χ3v) is 6.95. The van der Waals surface area contributed by atoms with Crippen molar-refractivity contribution in [3.63, 3.8) is 0 Å². The molecule has 1 saturated heterocycles. The van der Waals surface area contributed by atoms with Crippen LogP contribution in [0.25, 0.3) is 16.5 Å². The van der Waals surface area contributed by atoms with Crippen LogP contribution in [0.3, 0.4) is 0 Å². The minimum atomic E-state index is -1.06. The van der Waals surface area contributed by atoms with Gasteiger partial charge >= 0.3 is 5.97 Å². The van der Waals surface area contributed by atoms with E-state index in [0.717, 1.165) is 5.56 Å². The number of hydrogen-bond acceptors (Lipinski definition) is 4. The predicted octanol–water partition coefficient (Wildman–Crippen LogP) is 4.26. The van der Waals surface area contributed by atoms with E-state index < -0.39 is 11.6 Å². The Morgan fingerprint density at radius 2 is 1.40 bits per heavy atom. The number of aromatic carboxylic acids is 1. The third-order valence-electron chi connectivity index (χ3n) is 6.95. The standard InChI is InChI=1S/C29H28N2O4/c32-27-24-14-8-7-13-23(24)26(28(33)34)25(31(27)22-11-5-2-6-12-22)20-30-17-15-29(35,16-18-30)19-21-9-3-1-4-10-21/h1-14,35H,15-20H2,(H,33,34). The minimum Gasteiger partial charge on any atom is -0.478 e. The summed E-state index contributed by atoms with van der Waals surface area (Å²) in [6, 6.07) is 26.0. The molecule has 0 amide bonds. The van der Waals surface area contributed by atoms with E-state index >= 15 is 0 Å². The van der Waals surface area contributed by atoms with Gasteiger partial charge in [-0.1, -0.05) is 66.7 Å². The number of pyridine rings is 1. The van der Waals surface area contributed by atoms with Gasteiger partial charge in [-0.25, -0.2) is 4.79 Å². The maximum Gasteiger partial charge on any atom is 0.338 e. The molecule has 1 aromatic heterocycles. The smallest absolute Gasteiger partial charge is 0.338 e. The molecule has 0 unspecified atom stereocenters. The fourth-order valence-corrected chi connectivity index (χ4v) is 5.13. The number of likely N-dealkylation sites (tertiary alicyclic amines) is 1. The van der Waals surface area contributed by atoms with Crippen molar-refractivity contribution in [3.05, 3.63) is 112 Å². The van der Waals surface area contributed by atoms with Gasteiger partial charge in [0.25, 0.3) is 5.56 Å². The summed E-state index contributed by atoms with van der Waals surface area (Å²) >= 11 is 0. The molecule has 1 aliphatic rings. The van der Waals surface area contributed by atoms with Crippen LogP contribution in [-0.2, 0) is 13.0 Å². The third kappa shape index (κ3) is 4.63. The zero-order chi connectivity index (χ0) is 24.4. The largest absolute Gasteiger partial charge is 0.478 e. The molecule has 0 bridgehead atoms. The highest BCUT2D eigenvalue weighted by Crippen LogP contribution is 2.29. The van der Waals surface area contributed by atoms with Crippen LogP contribution >= 0.6 is 0 Å². The van der Waals surface area contributed by atoms with E-state index in [2.05, 4.69) is 4.90 Å². The van der Waals surface area contributed by atoms with Crippen LogP contribution in [0.15, 0.2) is 89.7 Å². The van der Waals surface area contributed by atoms with Crippen LogP contribution in [0.2, 0.25) is 0 Å². The molecule has 2 heterocycles. The summed E-state index contributed by atoms with van der Waals surface area (Å²) in [7, 11) is 0. The number of rotatable bonds is 6. The minimum absolute atomic E-state index is 0.147. The van der Waals surface area contributed by atoms with E-state index in [0.29, 0.717) is 61.1 Å². The van der Waals surface area contributed by atoms with Crippen molar-refractivity contribution < 1.29 is 15.0 Å². The number of hydrogen-bond donors (Lipinski definition) is 2. The second-order valence-corrected chi connectivity index (χ2v) is 9.31. The van der Waals surface area contributed by atoms with Crippen molar-refractivity contribution in [1.29, 1.82) is 0 Å². The quantitative estimate of drug-likeness (QED) is 0.442. The molecule has 0 saturated carbocycles. The first kappa shape index (κ1) is 23.0. The van der Waals surface area contributed by atoms with Crippen molar-refractivity contribution in [3.8, 4) is 5.69 Å². The molecule has 178 valence electrons. The number of fused-ring (bicyclic) bond motifs is 1. The van der Waals surface area contributed by atoms with Gasteiger partial charge in [-0.3, -0.25) is 14.3 Å². The summed E-state index contributed by atoms with van der Waals surface area (Å²) in [6.07, 6.45) is 1.74. The fourth-order valence-electron chi connectivity index (χ4n) is 5.13. The maximum absolute atomic E-state index is 13.6. The molecular weight excluding hydrogens is 440 g/mol. The van der Waals surface area contributed by atoms with Gasteiger partial charge in [0.15, 0.2) is 0 Å². The number of aliphatic hydroxyl groups is 1. The summed E-state index contributed by atoms with van der Waals surface area (Å²) < 4.78 is 1.54. The summed E-state index contributed by atoms with van der Waals surface area (Å²) in [5.74, 6) is -1.06. The second-order valence-electron chi connectivity index (χ2n) is 9.31. The van der Waals surface area contributed by atoms with Gasteiger partial charge in [0.05, 0.1) is 16.9 Å². The number of carboxylic acids is 1. The lowest BCUT2D eigenvalue weighted by Crippen LogP contribution is -2.46. The lowest BCUT2D eigenvalue weighted by atomic mass is 9.85. The summed E-state index contributed by atoms with van der Waals surface area (Å²) in [4.78, 5) is 28.2. The molecular formula is C29H28N2O4. The van der Waals surface area contributed by atoms with E-state index in [1.165, 1.54) is 4.57 Å². The van der Waals surface area contributed by atoms with Crippen molar-refractivity contribution in [1.82, 2.24) is 9.47 Å². The zero-order valence-corrected chi connectivity index (χ0v) is 19.4. The van der Waals surface area contributed by atoms with E-state index in [-0.39, 0.29) is 11.1 Å². The molecule has 3 aromatic carbocycles. The molecule has 0 spiro atoms. The van der Waals surface area contributed by atoms with Gasteiger partial charge < -0.3 is 10.2 Å². The molecule has 1 aliphatic heterocycles. The van der Waals surface area contributed by atoms with Gasteiger partial charge in [0.1, 0.15) is 0 Å². The van der Waals surface area contributed by atoms with Crippen LogP contribution in [0, 0.1) is 0 Å². The van der Waals surface area contributed by atoms with Crippen LogP contribution in [-0.4, -0.2) is 44.3 Å². The van der Waals surface area contributed by atoms with Crippen LogP contribution in [0.5, 0.6) is 0 Å². The summed E-state index contributed by atoms with van der Waals surface area (Å²) in [6.45, 7) is 1.52. The highest BCUT2D eigenvalue weighted by Gasteiger charge is 2.33. The number of carbonyl (C=O) groups is 1. The lowest BCUT2D eigenvalue weighted by molar-refractivity contribution is -0.0229. The predicted molar refractivity (Wildman–Crippen MR) is 136 cm³/mol. The summed E-state index contributed by atoms with van der Waals surface area (Å²) in [5, 5.41) is 22.3. The Morgan fingerprint density at radius 1 is 0.829 bits per heavy atom. The molecule has 4 aromatic rings. The van der Waals surface area contributed by atoms with Crippen LogP contribution < -0.4 is 5.56 Å². The molecule has 0 atom stereocenters. The van der Waals surface area contributed by atoms with Crippen LogP contribution in [0.4, 0.5) is 0 Å². The molecule has 35 heavy (non-hydrogen) atoms. The summed E-state index contributed by atoms with van der Waals surface area (Å²) in [5.41, 5.74) is 1.32. The first-order valence-electron chi connectivity index (χ1n) is 11.9. The van der Waals surface area contributed by atoms with Crippen molar-refractivity contribution in [2.45, 2.75) is 31.4 Å². The van der Waals surface area contributed by atoms with Gasteiger partial charge in [-0.2, -0.15) is 0 Å². The van der Waals surface area contributed by atoms with Crippen molar-refractivity contribution in [2.24, 2.45) is 0 Å². The molecule has 0 aliphatic carbocycles. The van der Waals surface area contributed by atoms with Crippen molar-refractivity contribution in [2.75, 3.05) is 13.1 Å². The second kappa shape index (κ2) is 9.49. The zero-order valence-electron chi connectivity index (χ0n) is 19.4. The maximum atomic E-state index is 13.6. The first-order chi connectivity index (χ1) is 17.0. The van der Waals surface area contributed by atoms with Crippen LogP contribution in [0.1, 0.15) is 34.5 Å². The Hall–Kier alpha value is -3.74. The first-order valence-corrected chi connectivity index (χ1v) is 11.9. The Morgan fingerprint density at radius 3 is 2.03 bits per heavy atom. The topological polar surface area (TPSA) is 82.8 Å². The normalized spacial score (nSPS) is 15.8. The Labute approximate surface area is 203 Å². The fraction of sp³-hybridized carbons (Fsp3) is 0.241. The molecule has 2 N–H and O–H groups in total. The Kier molecular flexibility index (Phi) is 6.24. The molecule has 6 heteroatoms. The van der Waals surface area contributed by atoms with E-state index in [9.17, 15) is 19.8 Å². The molecule has 0 radical (unpaired) electrons. The number of carboxylic acid groups (broad SMARTS) is 1. The van der Waals surface area contributed by atoms with E-state index in [1.54, 1.807) is 24.3 Å². The Bertz CT molecular complexity index is 1410. The average molecular weight is 469 g/mol. The molecule has 5 rings (SSSR count). The van der Waals surface area contributed by atoms with E-state index in [1.807, 2.05) is 60.7 Å². The molecule has 6 nitrogen and oxygen atoms in total. The molecule has 1 fully saturated rings. The lowest BCUT2D eigenvalue weighted by Gasteiger charge is -2.38. The van der Waals surface area contributed by atoms with Gasteiger partial charge in [0, 0.05) is 42.5 Å². The number of benzene rings is 3. The monoisotopic (exact) mass is 468 g/mol. The number of nitrogens with zero attached hydrogens (tertiary/aromatic N) is 2. The SMILES string of the molecule is O=C(O)c1c(CN2CCC(O)(Cc3ccccc3)CC2)n(-c2ccccc2)c(=O)c2ccccc12. The van der Waals surface area contributed by atoms with Gasteiger partial charge in [-0.05, 0) is 36.6 Å². The van der Waals surface area contributed by atoms with Gasteiger partial charge in [-0.15, -0.1) is 0 Å². The van der Waals surface area contributed by atoms with Crippen molar-refractivity contribution >= 4 is 16.7 Å². The number of piperidine rings is 1. The Balaban J connectivity index is 1.51. The van der Waals surface area contributed by atoms with E-state index in [4.69, 9.17) is 0 Å². The van der Waals surface area contributed by atoms with Gasteiger partial charge in [0.2, 0.25) is 0 Å². The number of para-hydroxylation sites is 1. The number of aromatic nitrogens is 1. The highest BCUT2D eigenvalue weighted by molar-refractivity contribution is 6.04.